The number of aliphatic hydroxyl groups is 2. The molecule has 1 unspecified atom stereocenters. The largest absolute Gasteiger partial charge is 0.395 e. The van der Waals surface area contributed by atoms with E-state index in [-0.39, 0.29) is 48.3 Å². The van der Waals surface area contributed by atoms with Gasteiger partial charge >= 0.3 is 0 Å². The number of aliphatic imine (C=N–C) groups is 1. The normalized spacial score (nSPS) is 21.6. The van der Waals surface area contributed by atoms with Crippen molar-refractivity contribution in [2.24, 2.45) is 4.99 Å². The zero-order chi connectivity index (χ0) is 14.5. The summed E-state index contributed by atoms with van der Waals surface area (Å²) in [5, 5.41) is 20.7. The Labute approximate surface area is 150 Å². The fraction of sp³-hybridized carbons (Fsp3) is 0.727. The molecule has 0 aromatic carbocycles. The molecule has 2 aliphatic heterocycles. The SMILES string of the molecule is I.O=C1C(CN(CCO)CCO)SC(=S)N1C1=NCCN1. The van der Waals surface area contributed by atoms with Crippen molar-refractivity contribution in [3.63, 3.8) is 0 Å². The van der Waals surface area contributed by atoms with Crippen LogP contribution in [0.4, 0.5) is 0 Å². The van der Waals surface area contributed by atoms with Gasteiger partial charge in [0.25, 0.3) is 0 Å². The Hall–Kier alpha value is -0.0100. The van der Waals surface area contributed by atoms with Crippen LogP contribution >= 0.6 is 48.0 Å². The number of aliphatic hydroxyl groups excluding tert-OH is 2. The van der Waals surface area contributed by atoms with Crippen LogP contribution < -0.4 is 5.32 Å². The zero-order valence-electron chi connectivity index (χ0n) is 11.4. The van der Waals surface area contributed by atoms with Gasteiger partial charge in [0.15, 0.2) is 4.32 Å². The van der Waals surface area contributed by atoms with E-state index in [9.17, 15) is 4.79 Å². The van der Waals surface area contributed by atoms with Crippen LogP contribution in [0.3, 0.4) is 0 Å². The van der Waals surface area contributed by atoms with E-state index in [0.29, 0.717) is 36.5 Å². The molecule has 1 fully saturated rings. The molecular formula is C11H19IN4O3S2. The molecule has 0 bridgehead atoms. The van der Waals surface area contributed by atoms with Crippen molar-refractivity contribution < 1.29 is 15.0 Å². The maximum atomic E-state index is 12.4. The second kappa shape index (κ2) is 9.20. The van der Waals surface area contributed by atoms with Crippen molar-refractivity contribution in [2.45, 2.75) is 5.25 Å². The monoisotopic (exact) mass is 446 g/mol. The van der Waals surface area contributed by atoms with Gasteiger partial charge in [-0.3, -0.25) is 14.7 Å². The molecular weight excluding hydrogens is 427 g/mol. The van der Waals surface area contributed by atoms with E-state index in [1.165, 1.54) is 16.7 Å². The number of hydrogen-bond donors (Lipinski definition) is 3. The van der Waals surface area contributed by atoms with E-state index < -0.39 is 0 Å². The smallest absolute Gasteiger partial charge is 0.249 e. The molecule has 2 aliphatic rings. The summed E-state index contributed by atoms with van der Waals surface area (Å²) in [4.78, 5) is 19.9. The van der Waals surface area contributed by atoms with E-state index in [1.807, 2.05) is 4.90 Å². The van der Waals surface area contributed by atoms with Crippen LogP contribution in [0, 0.1) is 0 Å². The molecule has 1 amide bonds. The maximum Gasteiger partial charge on any atom is 0.249 e. The Bertz CT molecular complexity index is 418. The van der Waals surface area contributed by atoms with Gasteiger partial charge in [-0.05, 0) is 0 Å². The lowest BCUT2D eigenvalue weighted by Crippen LogP contribution is -2.45. The molecule has 3 N–H and O–H groups in total. The van der Waals surface area contributed by atoms with Gasteiger partial charge in [-0.2, -0.15) is 0 Å². The molecule has 0 aromatic rings. The molecule has 0 saturated carbocycles. The average Bonchev–Trinajstić information content (AvgIpc) is 3.00. The van der Waals surface area contributed by atoms with Crippen LogP contribution in [0.2, 0.25) is 0 Å². The fourth-order valence-corrected chi connectivity index (χ4v) is 3.65. The summed E-state index contributed by atoms with van der Waals surface area (Å²) in [5.41, 5.74) is 0. The molecule has 1 saturated heterocycles. The molecule has 0 aromatic heterocycles. The van der Waals surface area contributed by atoms with Crippen molar-refractivity contribution in [2.75, 3.05) is 45.9 Å². The van der Waals surface area contributed by atoms with Gasteiger partial charge in [0, 0.05) is 26.2 Å². The zero-order valence-corrected chi connectivity index (χ0v) is 15.4. The molecule has 0 spiro atoms. The molecule has 7 nitrogen and oxygen atoms in total. The van der Waals surface area contributed by atoms with E-state index in [1.54, 1.807) is 0 Å². The number of nitrogens with zero attached hydrogens (tertiary/aromatic N) is 3. The summed E-state index contributed by atoms with van der Waals surface area (Å²) in [6.45, 7) is 2.67. The van der Waals surface area contributed by atoms with Crippen LogP contribution in [0.25, 0.3) is 0 Å². The fourth-order valence-electron chi connectivity index (χ4n) is 2.11. The van der Waals surface area contributed by atoms with Gasteiger partial charge in [-0.25, -0.2) is 4.90 Å². The minimum absolute atomic E-state index is 0. The number of hydrogen-bond acceptors (Lipinski definition) is 8. The van der Waals surface area contributed by atoms with E-state index in [0.717, 1.165) is 6.54 Å². The molecule has 1 atom stereocenters. The second-order valence-electron chi connectivity index (χ2n) is 4.43. The molecule has 10 heteroatoms. The van der Waals surface area contributed by atoms with E-state index >= 15 is 0 Å². The first-order valence-corrected chi connectivity index (χ1v) is 7.73. The number of rotatable bonds is 6. The van der Waals surface area contributed by atoms with Crippen molar-refractivity contribution in [1.29, 1.82) is 0 Å². The van der Waals surface area contributed by atoms with Crippen molar-refractivity contribution in [3.8, 4) is 0 Å². The third-order valence-corrected chi connectivity index (χ3v) is 4.54. The molecule has 2 heterocycles. The summed E-state index contributed by atoms with van der Waals surface area (Å²) in [6, 6.07) is 0. The van der Waals surface area contributed by atoms with Crippen molar-refractivity contribution in [1.82, 2.24) is 15.1 Å². The summed E-state index contributed by atoms with van der Waals surface area (Å²) >= 11 is 6.57. The first kappa shape index (κ1) is 19.0. The van der Waals surface area contributed by atoms with Crippen molar-refractivity contribution in [3.05, 3.63) is 0 Å². The number of guanidine groups is 1. The first-order chi connectivity index (χ1) is 9.67. The third kappa shape index (κ3) is 4.73. The summed E-state index contributed by atoms with van der Waals surface area (Å²) in [7, 11) is 0. The summed E-state index contributed by atoms with van der Waals surface area (Å²) in [6.07, 6.45) is 0. The van der Waals surface area contributed by atoms with E-state index in [2.05, 4.69) is 10.3 Å². The Morgan fingerprint density at radius 2 is 2.10 bits per heavy atom. The van der Waals surface area contributed by atoms with Gasteiger partial charge in [0.2, 0.25) is 11.9 Å². The lowest BCUT2D eigenvalue weighted by molar-refractivity contribution is -0.123. The molecule has 0 aliphatic carbocycles. The second-order valence-corrected chi connectivity index (χ2v) is 6.26. The Morgan fingerprint density at radius 1 is 1.43 bits per heavy atom. The lowest BCUT2D eigenvalue weighted by atomic mass is 10.3. The van der Waals surface area contributed by atoms with Crippen LogP contribution in [0.5, 0.6) is 0 Å². The minimum Gasteiger partial charge on any atom is -0.395 e. The number of thioether (sulfide) groups is 1. The highest BCUT2D eigenvalue weighted by Gasteiger charge is 2.40. The molecule has 2 rings (SSSR count). The Kier molecular flexibility index (Phi) is 8.34. The number of amides is 1. The van der Waals surface area contributed by atoms with Crippen LogP contribution in [-0.4, -0.2) is 87.4 Å². The van der Waals surface area contributed by atoms with E-state index in [4.69, 9.17) is 22.4 Å². The highest BCUT2D eigenvalue weighted by Crippen LogP contribution is 2.28. The van der Waals surface area contributed by atoms with Gasteiger partial charge in [0.05, 0.1) is 19.8 Å². The molecule has 120 valence electrons. The van der Waals surface area contributed by atoms with Crippen LogP contribution in [0.15, 0.2) is 4.99 Å². The topological polar surface area (TPSA) is 88.4 Å². The van der Waals surface area contributed by atoms with Crippen LogP contribution in [-0.2, 0) is 4.79 Å². The number of carbonyl (C=O) groups excluding carboxylic acids is 1. The average molecular weight is 446 g/mol. The Morgan fingerprint density at radius 3 is 2.62 bits per heavy atom. The molecule has 0 radical (unpaired) electrons. The number of carbonyl (C=O) groups is 1. The lowest BCUT2D eigenvalue weighted by Gasteiger charge is -2.22. The number of nitrogens with one attached hydrogen (secondary N) is 1. The van der Waals surface area contributed by atoms with Gasteiger partial charge < -0.3 is 15.5 Å². The number of thiocarbonyl (C=S) groups is 1. The third-order valence-electron chi connectivity index (χ3n) is 3.05. The standard InChI is InChI=1S/C11H18N4O3S2.HI/c16-5-3-14(4-6-17)7-8-9(18)15(11(19)20-8)10-12-1-2-13-10;/h8,16-17H,1-7H2,(H,12,13);1H. The van der Waals surface area contributed by atoms with Gasteiger partial charge in [0.1, 0.15) is 5.25 Å². The molecule has 21 heavy (non-hydrogen) atoms. The van der Waals surface area contributed by atoms with Crippen molar-refractivity contribution >= 4 is 64.1 Å². The highest BCUT2D eigenvalue weighted by molar-refractivity contribution is 14.0. The summed E-state index contributed by atoms with van der Waals surface area (Å²) in [5.74, 6) is 0.444. The summed E-state index contributed by atoms with van der Waals surface area (Å²) < 4.78 is 0.501. The predicted molar refractivity (Wildman–Crippen MR) is 97.2 cm³/mol. The van der Waals surface area contributed by atoms with Crippen LogP contribution in [0.1, 0.15) is 0 Å². The quantitative estimate of drug-likeness (QED) is 0.359. The van der Waals surface area contributed by atoms with Gasteiger partial charge in [-0.1, -0.05) is 24.0 Å². The van der Waals surface area contributed by atoms with Gasteiger partial charge in [-0.15, -0.1) is 24.0 Å². The minimum atomic E-state index is -0.314. The predicted octanol–water partition coefficient (Wildman–Crippen LogP) is -0.921. The maximum absolute atomic E-state index is 12.4. The first-order valence-electron chi connectivity index (χ1n) is 6.44. The highest BCUT2D eigenvalue weighted by atomic mass is 127. The number of halogens is 1. The Balaban J connectivity index is 0.00000220.